The van der Waals surface area contributed by atoms with Crippen LogP contribution in [0.25, 0.3) is 0 Å². The number of hydrogen-bond acceptors (Lipinski definition) is 4. The van der Waals surface area contributed by atoms with Crippen LogP contribution >= 0.6 is 0 Å². The number of carbonyl (C=O) groups excluding carboxylic acids is 1. The number of nitrogens with zero attached hydrogens (tertiary/aromatic N) is 3. The highest BCUT2D eigenvalue weighted by Gasteiger charge is 2.19. The molecule has 0 atom stereocenters. The summed E-state index contributed by atoms with van der Waals surface area (Å²) in [5, 5.41) is 8.80. The molecule has 0 unspecified atom stereocenters. The largest absolute Gasteiger partial charge is 0.478 e. The van der Waals surface area contributed by atoms with Crippen LogP contribution in [0, 0.1) is 0 Å². The fraction of sp³-hybridized carbons (Fsp3) is 0.462. The molecule has 0 radical (unpaired) electrons. The van der Waals surface area contributed by atoms with Crippen molar-refractivity contribution in [2.45, 2.75) is 13.0 Å². The highest BCUT2D eigenvalue weighted by molar-refractivity contribution is 5.87. The monoisotopic (exact) mass is 263 g/mol. The van der Waals surface area contributed by atoms with Crippen LogP contribution in [0.15, 0.2) is 18.3 Å². The van der Waals surface area contributed by atoms with Crippen LogP contribution in [-0.2, 0) is 11.3 Å². The van der Waals surface area contributed by atoms with Gasteiger partial charge < -0.3 is 10.0 Å². The van der Waals surface area contributed by atoms with E-state index in [9.17, 15) is 9.59 Å². The van der Waals surface area contributed by atoms with Gasteiger partial charge in [0.15, 0.2) is 0 Å². The van der Waals surface area contributed by atoms with E-state index in [2.05, 4.69) is 4.98 Å². The lowest BCUT2D eigenvalue weighted by Gasteiger charge is -2.18. The molecule has 0 aliphatic carbocycles. The Morgan fingerprint density at radius 3 is 2.84 bits per heavy atom. The smallest absolute Gasteiger partial charge is 0.337 e. The van der Waals surface area contributed by atoms with E-state index < -0.39 is 5.97 Å². The molecular formula is C13H17N3O3. The van der Waals surface area contributed by atoms with Gasteiger partial charge in [0.2, 0.25) is 5.91 Å². The number of pyridine rings is 1. The van der Waals surface area contributed by atoms with Crippen LogP contribution in [0.3, 0.4) is 0 Å². The van der Waals surface area contributed by atoms with Gasteiger partial charge in [-0.25, -0.2) is 4.79 Å². The van der Waals surface area contributed by atoms with Crippen molar-refractivity contribution in [3.63, 3.8) is 0 Å². The zero-order valence-electron chi connectivity index (χ0n) is 10.9. The summed E-state index contributed by atoms with van der Waals surface area (Å²) < 4.78 is 0. The third kappa shape index (κ3) is 3.51. The first kappa shape index (κ1) is 13.5. The van der Waals surface area contributed by atoms with Gasteiger partial charge in [0.1, 0.15) is 0 Å². The maximum atomic E-state index is 11.7. The SMILES string of the molecule is CN1CCCN(Cc2ccc(C(=O)O)cn2)CC1=O. The number of hydrogen-bond donors (Lipinski definition) is 1. The van der Waals surface area contributed by atoms with Gasteiger partial charge in [0.25, 0.3) is 0 Å². The van der Waals surface area contributed by atoms with Crippen molar-refractivity contribution < 1.29 is 14.7 Å². The van der Waals surface area contributed by atoms with Gasteiger partial charge in [-0.1, -0.05) is 0 Å². The minimum atomic E-state index is -0.981. The van der Waals surface area contributed by atoms with E-state index in [0.717, 1.165) is 25.2 Å². The highest BCUT2D eigenvalue weighted by atomic mass is 16.4. The van der Waals surface area contributed by atoms with Crippen molar-refractivity contribution in [1.82, 2.24) is 14.8 Å². The number of aromatic carboxylic acids is 1. The molecule has 0 saturated carbocycles. The van der Waals surface area contributed by atoms with E-state index in [4.69, 9.17) is 5.11 Å². The van der Waals surface area contributed by atoms with E-state index >= 15 is 0 Å². The van der Waals surface area contributed by atoms with Crippen molar-refractivity contribution in [1.29, 1.82) is 0 Å². The summed E-state index contributed by atoms with van der Waals surface area (Å²) in [4.78, 5) is 30.4. The first-order chi connectivity index (χ1) is 9.06. The summed E-state index contributed by atoms with van der Waals surface area (Å²) in [6.45, 7) is 2.58. The molecule has 2 heterocycles. The van der Waals surface area contributed by atoms with E-state index in [-0.39, 0.29) is 11.5 Å². The van der Waals surface area contributed by atoms with E-state index in [1.807, 2.05) is 11.9 Å². The normalized spacial score (nSPS) is 17.3. The van der Waals surface area contributed by atoms with Crippen molar-refractivity contribution >= 4 is 11.9 Å². The lowest BCUT2D eigenvalue weighted by molar-refractivity contribution is -0.130. The van der Waals surface area contributed by atoms with Crippen LogP contribution in [0.1, 0.15) is 22.5 Å². The molecule has 1 aromatic rings. The van der Waals surface area contributed by atoms with Gasteiger partial charge in [-0.2, -0.15) is 0 Å². The van der Waals surface area contributed by atoms with E-state index in [0.29, 0.717) is 13.1 Å². The Hall–Kier alpha value is -1.95. The van der Waals surface area contributed by atoms with Crippen LogP contribution in [0.4, 0.5) is 0 Å². The fourth-order valence-corrected chi connectivity index (χ4v) is 2.06. The molecule has 102 valence electrons. The second kappa shape index (κ2) is 5.79. The number of carboxylic acid groups (broad SMARTS) is 1. The average molecular weight is 263 g/mol. The maximum Gasteiger partial charge on any atom is 0.337 e. The zero-order valence-corrected chi connectivity index (χ0v) is 10.9. The molecule has 2 rings (SSSR count). The lowest BCUT2D eigenvalue weighted by Crippen LogP contribution is -2.34. The third-order valence-corrected chi connectivity index (χ3v) is 3.21. The van der Waals surface area contributed by atoms with Gasteiger partial charge >= 0.3 is 5.97 Å². The van der Waals surface area contributed by atoms with Crippen molar-refractivity contribution in [3.8, 4) is 0 Å². The molecule has 6 heteroatoms. The molecule has 19 heavy (non-hydrogen) atoms. The number of likely N-dealkylation sites (N-methyl/N-ethyl adjacent to an activating group) is 1. The van der Waals surface area contributed by atoms with Crippen molar-refractivity contribution in [3.05, 3.63) is 29.6 Å². The second-order valence-electron chi connectivity index (χ2n) is 4.72. The van der Waals surface area contributed by atoms with Gasteiger partial charge in [0.05, 0.1) is 17.8 Å². The molecule has 0 aromatic carbocycles. The Labute approximate surface area is 111 Å². The molecule has 1 N–H and O–H groups in total. The molecule has 6 nitrogen and oxygen atoms in total. The number of rotatable bonds is 3. The van der Waals surface area contributed by atoms with Crippen LogP contribution in [0.2, 0.25) is 0 Å². The first-order valence-corrected chi connectivity index (χ1v) is 6.21. The van der Waals surface area contributed by atoms with Gasteiger partial charge in [-0.3, -0.25) is 14.7 Å². The zero-order chi connectivity index (χ0) is 13.8. The Morgan fingerprint density at radius 1 is 1.42 bits per heavy atom. The summed E-state index contributed by atoms with van der Waals surface area (Å²) in [5.41, 5.74) is 0.956. The lowest BCUT2D eigenvalue weighted by atomic mass is 10.2. The van der Waals surface area contributed by atoms with Gasteiger partial charge in [0, 0.05) is 32.9 Å². The Bertz CT molecular complexity index is 473. The number of amides is 1. The quantitative estimate of drug-likeness (QED) is 0.856. The van der Waals surface area contributed by atoms with E-state index in [1.54, 1.807) is 11.0 Å². The summed E-state index contributed by atoms with van der Waals surface area (Å²) in [5.74, 6) is -0.870. The van der Waals surface area contributed by atoms with Gasteiger partial charge in [-0.05, 0) is 18.6 Å². The molecule has 0 bridgehead atoms. The molecule has 1 fully saturated rings. The predicted molar refractivity (Wildman–Crippen MR) is 68.7 cm³/mol. The van der Waals surface area contributed by atoms with Crippen LogP contribution in [-0.4, -0.2) is 58.4 Å². The second-order valence-corrected chi connectivity index (χ2v) is 4.72. The Morgan fingerprint density at radius 2 is 2.21 bits per heavy atom. The van der Waals surface area contributed by atoms with Gasteiger partial charge in [-0.15, -0.1) is 0 Å². The summed E-state index contributed by atoms with van der Waals surface area (Å²) in [6, 6.07) is 3.24. The molecule has 1 aromatic heterocycles. The molecule has 1 saturated heterocycles. The van der Waals surface area contributed by atoms with Crippen LogP contribution in [0.5, 0.6) is 0 Å². The molecule has 1 aliphatic heterocycles. The predicted octanol–water partition coefficient (Wildman–Crippen LogP) is 0.444. The standard InChI is InChI=1S/C13H17N3O3/c1-15-5-2-6-16(9-12(15)17)8-11-4-3-10(7-14-11)13(18)19/h3-4,7H,2,5-6,8-9H2,1H3,(H,18,19). The molecular weight excluding hydrogens is 246 g/mol. The summed E-state index contributed by atoms with van der Waals surface area (Å²) >= 11 is 0. The number of aromatic nitrogens is 1. The number of carboxylic acids is 1. The third-order valence-electron chi connectivity index (χ3n) is 3.21. The summed E-state index contributed by atoms with van der Waals surface area (Å²) in [7, 11) is 1.81. The fourth-order valence-electron chi connectivity index (χ4n) is 2.06. The average Bonchev–Trinajstić information content (AvgIpc) is 2.53. The summed E-state index contributed by atoms with van der Waals surface area (Å²) in [6.07, 6.45) is 2.29. The topological polar surface area (TPSA) is 73.7 Å². The van der Waals surface area contributed by atoms with Crippen LogP contribution < -0.4 is 0 Å². The number of carbonyl (C=O) groups is 2. The Kier molecular flexibility index (Phi) is 4.11. The maximum absolute atomic E-state index is 11.7. The first-order valence-electron chi connectivity index (χ1n) is 6.21. The minimum absolute atomic E-state index is 0.111. The molecule has 1 aliphatic rings. The van der Waals surface area contributed by atoms with Crippen molar-refractivity contribution in [2.24, 2.45) is 0 Å². The van der Waals surface area contributed by atoms with Crippen molar-refractivity contribution in [2.75, 3.05) is 26.7 Å². The molecule has 0 spiro atoms. The molecule has 1 amide bonds. The highest BCUT2D eigenvalue weighted by Crippen LogP contribution is 2.08. The Balaban J connectivity index is 2.00. The van der Waals surface area contributed by atoms with E-state index in [1.165, 1.54) is 12.3 Å². The minimum Gasteiger partial charge on any atom is -0.478 e.